The minimum atomic E-state index is -1.05. The van der Waals surface area contributed by atoms with Crippen molar-refractivity contribution in [3.8, 4) is 5.75 Å². The van der Waals surface area contributed by atoms with E-state index in [1.807, 2.05) is 73.7 Å². The molecule has 7 heteroatoms. The van der Waals surface area contributed by atoms with E-state index in [1.165, 1.54) is 0 Å². The van der Waals surface area contributed by atoms with Crippen LogP contribution in [0, 0.1) is 6.92 Å². The van der Waals surface area contributed by atoms with Crippen LogP contribution in [-0.4, -0.2) is 36.2 Å². The summed E-state index contributed by atoms with van der Waals surface area (Å²) >= 11 is 1.54. The van der Waals surface area contributed by atoms with Gasteiger partial charge in [0.2, 0.25) is 0 Å². The zero-order valence-electron chi connectivity index (χ0n) is 19.3. The lowest BCUT2D eigenvalue weighted by Gasteiger charge is -2.33. The molecule has 1 N–H and O–H groups in total. The van der Waals surface area contributed by atoms with Crippen LogP contribution in [0.2, 0.25) is 0 Å². The molecule has 3 amide bonds. The van der Waals surface area contributed by atoms with Gasteiger partial charge in [-0.1, -0.05) is 60.2 Å². The molecule has 0 bridgehead atoms. The minimum Gasteiger partial charge on any atom is -0.497 e. The first-order chi connectivity index (χ1) is 16.5. The van der Waals surface area contributed by atoms with Gasteiger partial charge in [-0.2, -0.15) is 0 Å². The van der Waals surface area contributed by atoms with Gasteiger partial charge in [0.1, 0.15) is 5.75 Å². The first-order valence-corrected chi connectivity index (χ1v) is 12.3. The maximum Gasteiger partial charge on any atom is 0.319 e. The number of hydrogen-bond acceptors (Lipinski definition) is 4. The second-order valence-corrected chi connectivity index (χ2v) is 9.84. The van der Waals surface area contributed by atoms with E-state index >= 15 is 0 Å². The topological polar surface area (TPSA) is 61.9 Å². The molecule has 2 heterocycles. The van der Waals surface area contributed by atoms with Crippen molar-refractivity contribution in [3.63, 3.8) is 0 Å². The molecule has 0 saturated carbocycles. The molecule has 1 saturated heterocycles. The van der Waals surface area contributed by atoms with Crippen molar-refractivity contribution in [2.75, 3.05) is 24.3 Å². The highest BCUT2D eigenvalue weighted by atomic mass is 32.2. The summed E-state index contributed by atoms with van der Waals surface area (Å²) in [6, 6.07) is 23.4. The molecule has 3 aromatic rings. The van der Waals surface area contributed by atoms with E-state index < -0.39 is 4.87 Å². The highest BCUT2D eigenvalue weighted by Gasteiger charge is 2.59. The Labute approximate surface area is 203 Å². The summed E-state index contributed by atoms with van der Waals surface area (Å²) < 4.78 is 5.37. The summed E-state index contributed by atoms with van der Waals surface area (Å²) in [6.07, 6.45) is 0. The summed E-state index contributed by atoms with van der Waals surface area (Å²) in [5.74, 6) is 1.37. The second-order valence-electron chi connectivity index (χ2n) is 8.55. The summed E-state index contributed by atoms with van der Waals surface area (Å²) in [4.78, 5) is 29.9. The minimum absolute atomic E-state index is 0.0757. The van der Waals surface area contributed by atoms with Crippen molar-refractivity contribution in [2.24, 2.45) is 0 Å². The number of benzene rings is 3. The maximum atomic E-state index is 14.1. The Hall–Kier alpha value is -3.45. The Morgan fingerprint density at radius 1 is 1.06 bits per heavy atom. The number of anilines is 1. The summed E-state index contributed by atoms with van der Waals surface area (Å²) in [6.45, 7) is 3.35. The molecular formula is C27H27N3O3S. The largest absolute Gasteiger partial charge is 0.497 e. The predicted octanol–water partition coefficient (Wildman–Crippen LogP) is 4.66. The third-order valence-electron chi connectivity index (χ3n) is 6.36. The number of nitrogens with zero attached hydrogens (tertiary/aromatic N) is 2. The summed E-state index contributed by atoms with van der Waals surface area (Å²) in [5, 5.41) is 3.02. The number of urea groups is 1. The monoisotopic (exact) mass is 473 g/mol. The molecule has 3 aromatic carbocycles. The Morgan fingerprint density at radius 2 is 1.85 bits per heavy atom. The van der Waals surface area contributed by atoms with Crippen LogP contribution in [0.4, 0.5) is 10.5 Å². The molecule has 2 aliphatic rings. The van der Waals surface area contributed by atoms with Gasteiger partial charge in [0.25, 0.3) is 5.91 Å². The fourth-order valence-electron chi connectivity index (χ4n) is 4.71. The van der Waals surface area contributed by atoms with E-state index in [-0.39, 0.29) is 11.9 Å². The average Bonchev–Trinajstić information content (AvgIpc) is 3.40. The van der Waals surface area contributed by atoms with Crippen LogP contribution in [0.15, 0.2) is 72.8 Å². The highest BCUT2D eigenvalue weighted by Crippen LogP contribution is 2.54. The molecule has 0 aromatic heterocycles. The summed E-state index contributed by atoms with van der Waals surface area (Å²) in [5.41, 5.74) is 4.79. The lowest BCUT2D eigenvalue weighted by molar-refractivity contribution is -0.123. The van der Waals surface area contributed by atoms with Crippen LogP contribution in [0.1, 0.15) is 22.3 Å². The van der Waals surface area contributed by atoms with Gasteiger partial charge in [0, 0.05) is 24.4 Å². The van der Waals surface area contributed by atoms with E-state index in [9.17, 15) is 9.59 Å². The van der Waals surface area contributed by atoms with Crippen LogP contribution in [0.5, 0.6) is 5.75 Å². The Morgan fingerprint density at radius 3 is 2.65 bits per heavy atom. The number of carbonyl (C=O) groups excluding carboxylic acids is 2. The van der Waals surface area contributed by atoms with Gasteiger partial charge in [-0.3, -0.25) is 9.69 Å². The van der Waals surface area contributed by atoms with Gasteiger partial charge in [-0.25, -0.2) is 4.79 Å². The molecule has 0 aliphatic carbocycles. The number of hydrogen-bond donors (Lipinski definition) is 1. The zero-order valence-corrected chi connectivity index (χ0v) is 20.1. The first kappa shape index (κ1) is 22.3. The molecule has 0 radical (unpaired) electrons. The van der Waals surface area contributed by atoms with Gasteiger partial charge in [-0.15, -0.1) is 11.8 Å². The van der Waals surface area contributed by atoms with Crippen molar-refractivity contribution in [2.45, 2.75) is 24.9 Å². The number of thioether (sulfide) groups is 1. The van der Waals surface area contributed by atoms with Gasteiger partial charge >= 0.3 is 6.03 Å². The zero-order chi connectivity index (χ0) is 23.7. The van der Waals surface area contributed by atoms with Crippen LogP contribution < -0.4 is 15.0 Å². The molecule has 174 valence electrons. The molecule has 1 fully saturated rings. The molecule has 5 rings (SSSR count). The van der Waals surface area contributed by atoms with E-state index in [4.69, 9.17) is 4.74 Å². The number of aryl methyl sites for hydroxylation is 1. The van der Waals surface area contributed by atoms with E-state index in [0.29, 0.717) is 25.4 Å². The van der Waals surface area contributed by atoms with E-state index in [1.54, 1.807) is 28.7 Å². The summed E-state index contributed by atoms with van der Waals surface area (Å²) in [7, 11) is 1.63. The van der Waals surface area contributed by atoms with Gasteiger partial charge in [-0.05, 0) is 36.2 Å². The number of ether oxygens (including phenoxy) is 1. The molecule has 6 nitrogen and oxygen atoms in total. The standard InChI is InChI=1S/C27H27N3O3S/c1-19-11-12-24-23(15-19)27(25(31)29(24)18-21-9-6-10-22(16-21)33-2)30(13-14-34-27)26(32)28-17-20-7-4-3-5-8-20/h3-12,15-16H,13-14,17-18H2,1-2H3,(H,28,32)/t27-/m0/s1. The molecular weight excluding hydrogens is 446 g/mol. The van der Waals surface area contributed by atoms with Gasteiger partial charge in [0.05, 0.1) is 19.3 Å². The maximum absolute atomic E-state index is 14.1. The number of carbonyl (C=O) groups is 2. The number of amides is 3. The molecule has 2 aliphatic heterocycles. The smallest absolute Gasteiger partial charge is 0.319 e. The fraction of sp³-hybridized carbons (Fsp3) is 0.259. The SMILES string of the molecule is COc1cccc(CN2C(=O)[C@@]3(SCCN3C(=O)NCc3ccccc3)c3cc(C)ccc32)c1. The van der Waals surface area contributed by atoms with Crippen molar-refractivity contribution in [1.29, 1.82) is 0 Å². The van der Waals surface area contributed by atoms with Crippen molar-refractivity contribution < 1.29 is 14.3 Å². The van der Waals surface area contributed by atoms with Gasteiger partial charge in [0.15, 0.2) is 4.87 Å². The Balaban J connectivity index is 1.48. The van der Waals surface area contributed by atoms with E-state index in [2.05, 4.69) is 11.4 Å². The number of fused-ring (bicyclic) bond motifs is 2. The third-order valence-corrected chi connectivity index (χ3v) is 7.77. The van der Waals surface area contributed by atoms with Gasteiger partial charge < -0.3 is 15.0 Å². The number of methoxy groups -OCH3 is 1. The second kappa shape index (κ2) is 9.06. The molecule has 1 spiro atoms. The quantitative estimate of drug-likeness (QED) is 0.585. The van der Waals surface area contributed by atoms with Crippen molar-refractivity contribution >= 4 is 29.4 Å². The lowest BCUT2D eigenvalue weighted by Crippen LogP contribution is -2.53. The van der Waals surface area contributed by atoms with Crippen molar-refractivity contribution in [1.82, 2.24) is 10.2 Å². The number of nitrogens with one attached hydrogen (secondary N) is 1. The fourth-order valence-corrected chi connectivity index (χ4v) is 6.16. The molecule has 1 atom stereocenters. The normalized spacial score (nSPS) is 18.9. The third kappa shape index (κ3) is 3.80. The first-order valence-electron chi connectivity index (χ1n) is 11.3. The lowest BCUT2D eigenvalue weighted by atomic mass is 10.0. The highest BCUT2D eigenvalue weighted by molar-refractivity contribution is 8.01. The number of rotatable bonds is 5. The van der Waals surface area contributed by atoms with Crippen molar-refractivity contribution in [3.05, 3.63) is 95.1 Å². The van der Waals surface area contributed by atoms with E-state index in [0.717, 1.165) is 33.7 Å². The Kier molecular flexibility index (Phi) is 5.96. The molecule has 0 unspecified atom stereocenters. The van der Waals surface area contributed by atoms with Crippen LogP contribution in [0.25, 0.3) is 0 Å². The Bertz CT molecular complexity index is 1230. The van der Waals surface area contributed by atoms with Crippen LogP contribution in [0.3, 0.4) is 0 Å². The van der Waals surface area contributed by atoms with Crippen LogP contribution >= 0.6 is 11.8 Å². The van der Waals surface area contributed by atoms with Crippen LogP contribution in [-0.2, 0) is 22.8 Å². The predicted molar refractivity (Wildman–Crippen MR) is 135 cm³/mol. The molecule has 34 heavy (non-hydrogen) atoms. The average molecular weight is 474 g/mol.